The SMILES string of the molecule is CCNC(=O)CN1CCCN(C(=O)CCc2c[nH]c3ccccc23)CC1. The molecule has 0 spiro atoms. The number of hydrogen-bond acceptors (Lipinski definition) is 3. The number of carbonyl (C=O) groups is 2. The highest BCUT2D eigenvalue weighted by molar-refractivity contribution is 5.84. The number of hydrogen-bond donors (Lipinski definition) is 2. The molecule has 0 aliphatic carbocycles. The van der Waals surface area contributed by atoms with Crippen molar-refractivity contribution in [3.63, 3.8) is 0 Å². The molecular formula is C20H28N4O2. The zero-order chi connectivity index (χ0) is 18.4. The molecule has 0 radical (unpaired) electrons. The van der Waals surface area contributed by atoms with Gasteiger partial charge in [0.1, 0.15) is 0 Å². The van der Waals surface area contributed by atoms with Gasteiger partial charge < -0.3 is 15.2 Å². The summed E-state index contributed by atoms with van der Waals surface area (Å²) in [4.78, 5) is 31.7. The van der Waals surface area contributed by atoms with E-state index in [-0.39, 0.29) is 11.8 Å². The average molecular weight is 356 g/mol. The third-order valence-electron chi connectivity index (χ3n) is 4.97. The van der Waals surface area contributed by atoms with Crippen LogP contribution in [0.4, 0.5) is 0 Å². The molecule has 0 atom stereocenters. The molecule has 1 aromatic carbocycles. The number of aromatic amines is 1. The van der Waals surface area contributed by atoms with Gasteiger partial charge in [-0.25, -0.2) is 0 Å². The first-order valence-electron chi connectivity index (χ1n) is 9.49. The summed E-state index contributed by atoms with van der Waals surface area (Å²) >= 11 is 0. The number of nitrogens with one attached hydrogen (secondary N) is 2. The number of aryl methyl sites for hydroxylation is 1. The van der Waals surface area contributed by atoms with Crippen LogP contribution >= 0.6 is 0 Å². The van der Waals surface area contributed by atoms with Crippen molar-refractivity contribution in [1.82, 2.24) is 20.1 Å². The Morgan fingerprint density at radius 1 is 1.15 bits per heavy atom. The van der Waals surface area contributed by atoms with Gasteiger partial charge in [0.2, 0.25) is 11.8 Å². The lowest BCUT2D eigenvalue weighted by Crippen LogP contribution is -2.40. The van der Waals surface area contributed by atoms with E-state index in [2.05, 4.69) is 27.3 Å². The molecule has 2 N–H and O–H groups in total. The van der Waals surface area contributed by atoms with E-state index in [9.17, 15) is 9.59 Å². The van der Waals surface area contributed by atoms with E-state index in [1.807, 2.05) is 30.2 Å². The van der Waals surface area contributed by atoms with Gasteiger partial charge in [0.25, 0.3) is 0 Å². The van der Waals surface area contributed by atoms with Crippen molar-refractivity contribution in [3.8, 4) is 0 Å². The van der Waals surface area contributed by atoms with E-state index in [1.54, 1.807) is 0 Å². The fourth-order valence-corrected chi connectivity index (χ4v) is 3.57. The maximum atomic E-state index is 12.6. The molecule has 26 heavy (non-hydrogen) atoms. The summed E-state index contributed by atoms with van der Waals surface area (Å²) in [6, 6.07) is 8.19. The smallest absolute Gasteiger partial charge is 0.234 e. The van der Waals surface area contributed by atoms with E-state index in [1.165, 1.54) is 10.9 Å². The van der Waals surface area contributed by atoms with Crippen LogP contribution in [0.15, 0.2) is 30.5 Å². The number of rotatable bonds is 6. The highest BCUT2D eigenvalue weighted by Crippen LogP contribution is 2.19. The molecule has 1 fully saturated rings. The Labute approximate surface area is 154 Å². The Morgan fingerprint density at radius 3 is 2.85 bits per heavy atom. The number of likely N-dealkylation sites (N-methyl/N-ethyl adjacent to an activating group) is 1. The molecule has 3 rings (SSSR count). The van der Waals surface area contributed by atoms with Gasteiger partial charge in [-0.3, -0.25) is 14.5 Å². The lowest BCUT2D eigenvalue weighted by Gasteiger charge is -2.21. The normalized spacial score (nSPS) is 15.8. The molecule has 0 bridgehead atoms. The molecule has 2 aromatic rings. The van der Waals surface area contributed by atoms with Crippen LogP contribution in [0.5, 0.6) is 0 Å². The first kappa shape index (κ1) is 18.5. The second kappa shape index (κ2) is 8.85. The fraction of sp³-hybridized carbons (Fsp3) is 0.500. The van der Waals surface area contributed by atoms with Gasteiger partial charge in [-0.2, -0.15) is 0 Å². The third-order valence-corrected chi connectivity index (χ3v) is 4.97. The Morgan fingerprint density at radius 2 is 2.00 bits per heavy atom. The number of carbonyl (C=O) groups excluding carboxylic acids is 2. The van der Waals surface area contributed by atoms with Gasteiger partial charge in [0.05, 0.1) is 6.54 Å². The number of benzene rings is 1. The molecule has 6 heteroatoms. The maximum Gasteiger partial charge on any atom is 0.234 e. The van der Waals surface area contributed by atoms with Crippen molar-refractivity contribution < 1.29 is 9.59 Å². The zero-order valence-corrected chi connectivity index (χ0v) is 15.5. The van der Waals surface area contributed by atoms with Crippen LogP contribution in [0.1, 0.15) is 25.3 Å². The van der Waals surface area contributed by atoms with E-state index in [0.29, 0.717) is 26.1 Å². The van der Waals surface area contributed by atoms with Crippen LogP contribution in [-0.2, 0) is 16.0 Å². The van der Waals surface area contributed by atoms with Crippen LogP contribution in [-0.4, -0.2) is 65.9 Å². The molecule has 2 heterocycles. The summed E-state index contributed by atoms with van der Waals surface area (Å²) < 4.78 is 0. The van der Waals surface area contributed by atoms with Gasteiger partial charge in [0, 0.05) is 56.2 Å². The molecule has 0 saturated carbocycles. The van der Waals surface area contributed by atoms with Crippen LogP contribution in [0.25, 0.3) is 10.9 Å². The minimum atomic E-state index is 0.0617. The van der Waals surface area contributed by atoms with Crippen molar-refractivity contribution >= 4 is 22.7 Å². The summed E-state index contributed by atoms with van der Waals surface area (Å²) in [5.74, 6) is 0.266. The minimum Gasteiger partial charge on any atom is -0.361 e. The third kappa shape index (κ3) is 4.64. The summed E-state index contributed by atoms with van der Waals surface area (Å²) in [6.45, 7) is 6.11. The van der Waals surface area contributed by atoms with Crippen molar-refractivity contribution in [2.75, 3.05) is 39.3 Å². The molecule has 0 unspecified atom stereocenters. The van der Waals surface area contributed by atoms with E-state index in [4.69, 9.17) is 0 Å². The van der Waals surface area contributed by atoms with Crippen LogP contribution in [0.2, 0.25) is 0 Å². The molecule has 1 aliphatic heterocycles. The number of fused-ring (bicyclic) bond motifs is 1. The fourth-order valence-electron chi connectivity index (χ4n) is 3.57. The van der Waals surface area contributed by atoms with E-state index in [0.717, 1.165) is 38.0 Å². The Kier molecular flexibility index (Phi) is 6.28. The Bertz CT molecular complexity index is 755. The molecular weight excluding hydrogens is 328 g/mol. The highest BCUT2D eigenvalue weighted by atomic mass is 16.2. The molecule has 1 aromatic heterocycles. The largest absolute Gasteiger partial charge is 0.361 e. The number of para-hydroxylation sites is 1. The topological polar surface area (TPSA) is 68.4 Å². The summed E-state index contributed by atoms with van der Waals surface area (Å²) in [5.41, 5.74) is 2.31. The molecule has 140 valence electrons. The van der Waals surface area contributed by atoms with Crippen molar-refractivity contribution in [2.45, 2.75) is 26.2 Å². The second-order valence-electron chi connectivity index (χ2n) is 6.82. The number of aromatic nitrogens is 1. The number of H-pyrrole nitrogens is 1. The molecule has 2 amide bonds. The van der Waals surface area contributed by atoms with Gasteiger partial charge in [-0.15, -0.1) is 0 Å². The molecule has 1 saturated heterocycles. The van der Waals surface area contributed by atoms with Crippen LogP contribution in [0, 0.1) is 0 Å². The summed E-state index contributed by atoms with van der Waals surface area (Å²) in [6.07, 6.45) is 4.20. The zero-order valence-electron chi connectivity index (χ0n) is 15.5. The lowest BCUT2D eigenvalue weighted by molar-refractivity contribution is -0.131. The van der Waals surface area contributed by atoms with Crippen LogP contribution < -0.4 is 5.32 Å². The summed E-state index contributed by atoms with van der Waals surface area (Å²) in [7, 11) is 0. The quantitative estimate of drug-likeness (QED) is 0.829. The predicted octanol–water partition coefficient (Wildman–Crippen LogP) is 1.77. The average Bonchev–Trinajstić information content (AvgIpc) is 2.91. The second-order valence-corrected chi connectivity index (χ2v) is 6.82. The van der Waals surface area contributed by atoms with Crippen molar-refractivity contribution in [2.24, 2.45) is 0 Å². The molecule has 1 aliphatic rings. The van der Waals surface area contributed by atoms with Gasteiger partial charge in [-0.05, 0) is 31.4 Å². The standard InChI is InChI=1S/C20H28N4O2/c1-2-21-19(25)15-23-10-5-11-24(13-12-23)20(26)9-8-16-14-22-18-7-4-3-6-17(16)18/h3-4,6-7,14,22H,2,5,8-13,15H2,1H3,(H,21,25). The number of amides is 2. The van der Waals surface area contributed by atoms with Gasteiger partial charge >= 0.3 is 0 Å². The van der Waals surface area contributed by atoms with E-state index < -0.39 is 0 Å². The lowest BCUT2D eigenvalue weighted by atomic mass is 10.1. The molecule has 6 nitrogen and oxygen atoms in total. The Balaban J connectivity index is 1.50. The Hall–Kier alpha value is -2.34. The van der Waals surface area contributed by atoms with Crippen molar-refractivity contribution in [3.05, 3.63) is 36.0 Å². The van der Waals surface area contributed by atoms with E-state index >= 15 is 0 Å². The van der Waals surface area contributed by atoms with Gasteiger partial charge in [-0.1, -0.05) is 18.2 Å². The van der Waals surface area contributed by atoms with Crippen molar-refractivity contribution in [1.29, 1.82) is 0 Å². The first-order valence-corrected chi connectivity index (χ1v) is 9.49. The highest BCUT2D eigenvalue weighted by Gasteiger charge is 2.20. The number of nitrogens with zero attached hydrogens (tertiary/aromatic N) is 2. The minimum absolute atomic E-state index is 0.0617. The van der Waals surface area contributed by atoms with Gasteiger partial charge in [0.15, 0.2) is 0 Å². The van der Waals surface area contributed by atoms with Crippen LogP contribution in [0.3, 0.4) is 0 Å². The summed E-state index contributed by atoms with van der Waals surface area (Å²) in [5, 5.41) is 4.03. The monoisotopic (exact) mass is 356 g/mol. The first-order chi connectivity index (χ1) is 12.7. The maximum absolute atomic E-state index is 12.6. The predicted molar refractivity (Wildman–Crippen MR) is 103 cm³/mol.